The molecule has 0 aromatic heterocycles. The predicted octanol–water partition coefficient (Wildman–Crippen LogP) is 8.63. The Morgan fingerprint density at radius 2 is 0.900 bits per heavy atom. The van der Waals surface area contributed by atoms with E-state index >= 15 is 0 Å². The number of benzene rings is 5. The van der Waals surface area contributed by atoms with E-state index in [1.807, 2.05) is 13.8 Å². The molecule has 4 nitrogen and oxygen atoms in total. The highest BCUT2D eigenvalue weighted by atomic mass is 19.1. The summed E-state index contributed by atoms with van der Waals surface area (Å²) in [5, 5.41) is 0. The van der Waals surface area contributed by atoms with Crippen molar-refractivity contribution in [3.05, 3.63) is 154 Å². The van der Waals surface area contributed by atoms with Gasteiger partial charge in [0.15, 0.2) is 11.6 Å². The Morgan fingerprint density at radius 3 is 1.25 bits per heavy atom. The van der Waals surface area contributed by atoms with Crippen LogP contribution < -0.4 is 9.47 Å². The normalized spacial score (nSPS) is 10.7. The van der Waals surface area contributed by atoms with E-state index in [2.05, 4.69) is 0 Å². The quantitative estimate of drug-likeness (QED) is 0.187. The third-order valence-electron chi connectivity index (χ3n) is 6.39. The second-order valence-corrected chi connectivity index (χ2v) is 9.25. The Balaban J connectivity index is 1.26. The van der Waals surface area contributed by atoms with Crippen LogP contribution in [0.15, 0.2) is 109 Å². The monoisotopic (exact) mass is 534 g/mol. The molecule has 0 aliphatic carbocycles. The van der Waals surface area contributed by atoms with Crippen LogP contribution in [0.1, 0.15) is 43.0 Å². The molecule has 5 aromatic carbocycles. The van der Waals surface area contributed by atoms with Gasteiger partial charge in [0, 0.05) is 11.1 Å². The lowest BCUT2D eigenvalue weighted by Gasteiger charge is -2.13. The zero-order valence-electron chi connectivity index (χ0n) is 21.8. The van der Waals surface area contributed by atoms with Crippen LogP contribution in [0.2, 0.25) is 0 Å². The molecule has 0 unspecified atom stereocenters. The molecule has 0 saturated carbocycles. The summed E-state index contributed by atoms with van der Waals surface area (Å²) in [7, 11) is 0. The van der Waals surface area contributed by atoms with E-state index in [0.717, 1.165) is 11.1 Å². The molecule has 0 radical (unpaired) electrons. The Morgan fingerprint density at radius 1 is 0.525 bits per heavy atom. The van der Waals surface area contributed by atoms with Gasteiger partial charge in [0.1, 0.15) is 34.6 Å². The third-order valence-corrected chi connectivity index (χ3v) is 6.39. The Hall–Kier alpha value is -5.10. The van der Waals surface area contributed by atoms with Gasteiger partial charge in [-0.1, -0.05) is 24.3 Å². The zero-order valence-corrected chi connectivity index (χ0v) is 21.8. The van der Waals surface area contributed by atoms with Crippen LogP contribution >= 0.6 is 0 Å². The first kappa shape index (κ1) is 26.5. The van der Waals surface area contributed by atoms with E-state index in [9.17, 15) is 18.4 Å². The highest BCUT2D eigenvalue weighted by molar-refractivity contribution is 6.10. The van der Waals surface area contributed by atoms with Crippen molar-refractivity contribution in [2.45, 2.75) is 13.8 Å². The van der Waals surface area contributed by atoms with Crippen molar-refractivity contribution in [3.63, 3.8) is 0 Å². The van der Waals surface area contributed by atoms with E-state index in [0.29, 0.717) is 34.1 Å². The lowest BCUT2D eigenvalue weighted by Crippen LogP contribution is -2.04. The van der Waals surface area contributed by atoms with Crippen LogP contribution in [0.4, 0.5) is 8.78 Å². The summed E-state index contributed by atoms with van der Waals surface area (Å²) in [5.74, 6) is 0.333. The van der Waals surface area contributed by atoms with Gasteiger partial charge in [0.05, 0.1) is 11.1 Å². The molecule has 0 aliphatic heterocycles. The highest BCUT2D eigenvalue weighted by Crippen LogP contribution is 2.31. The lowest BCUT2D eigenvalue weighted by atomic mass is 10.0. The molecule has 0 aliphatic rings. The van der Waals surface area contributed by atoms with Gasteiger partial charge >= 0.3 is 0 Å². The summed E-state index contributed by atoms with van der Waals surface area (Å²) < 4.78 is 40.0. The fraction of sp³-hybridized carbons (Fsp3) is 0.0588. The second-order valence-electron chi connectivity index (χ2n) is 9.25. The Labute approximate surface area is 230 Å². The number of halogens is 2. The molecule has 0 atom stereocenters. The molecule has 40 heavy (non-hydrogen) atoms. The Bertz CT molecular complexity index is 1600. The summed E-state index contributed by atoms with van der Waals surface area (Å²) >= 11 is 0. The zero-order chi connectivity index (χ0) is 28.2. The molecule has 6 heteroatoms. The lowest BCUT2D eigenvalue weighted by molar-refractivity contribution is 0.102. The number of carbonyl (C=O) groups is 2. The molecule has 0 fully saturated rings. The summed E-state index contributed by atoms with van der Waals surface area (Å²) in [6.45, 7) is 3.63. The molecule has 0 spiro atoms. The van der Waals surface area contributed by atoms with Crippen molar-refractivity contribution < 1.29 is 27.8 Å². The van der Waals surface area contributed by atoms with E-state index in [-0.39, 0.29) is 11.1 Å². The Kier molecular flexibility index (Phi) is 7.51. The summed E-state index contributed by atoms with van der Waals surface area (Å²) in [5.41, 5.74) is 2.23. The number of aryl methyl sites for hydroxylation is 2. The highest BCUT2D eigenvalue weighted by Gasteiger charge is 2.16. The van der Waals surface area contributed by atoms with Crippen molar-refractivity contribution in [3.8, 4) is 23.0 Å². The first-order chi connectivity index (χ1) is 19.3. The van der Waals surface area contributed by atoms with Gasteiger partial charge in [-0.3, -0.25) is 9.59 Å². The van der Waals surface area contributed by atoms with Gasteiger partial charge in [0.25, 0.3) is 0 Å². The largest absolute Gasteiger partial charge is 0.457 e. The van der Waals surface area contributed by atoms with E-state index < -0.39 is 23.2 Å². The minimum Gasteiger partial charge on any atom is -0.457 e. The van der Waals surface area contributed by atoms with Crippen LogP contribution in [0, 0.1) is 25.5 Å². The van der Waals surface area contributed by atoms with Crippen LogP contribution in [-0.4, -0.2) is 11.6 Å². The second kappa shape index (κ2) is 11.3. The van der Waals surface area contributed by atoms with Crippen molar-refractivity contribution >= 4 is 11.6 Å². The van der Waals surface area contributed by atoms with Gasteiger partial charge in [-0.2, -0.15) is 0 Å². The molecule has 5 rings (SSSR count). The maximum absolute atomic E-state index is 14.0. The molecular formula is C34H24F2O4. The van der Waals surface area contributed by atoms with Gasteiger partial charge in [-0.15, -0.1) is 0 Å². The third kappa shape index (κ3) is 5.66. The standard InChI is InChI=1S/C34H24F2O4/c1-21-19-23(33(37)27-7-3-5-9-29(27)35)11-17-31(21)39-25-13-15-26(16-14-25)40-32-18-12-24(20-22(32)2)34(38)28-8-4-6-10-30(28)36/h3-20H,1-2H3. The summed E-state index contributed by atoms with van der Waals surface area (Å²) in [6.07, 6.45) is 0. The predicted molar refractivity (Wildman–Crippen MR) is 149 cm³/mol. The van der Waals surface area contributed by atoms with Crippen LogP contribution in [0.3, 0.4) is 0 Å². The fourth-order valence-corrected chi connectivity index (χ4v) is 4.24. The smallest absolute Gasteiger partial charge is 0.195 e. The SMILES string of the molecule is Cc1cc(C(=O)c2ccccc2F)ccc1Oc1ccc(Oc2ccc(C(=O)c3ccccc3F)cc2C)cc1. The van der Waals surface area contributed by atoms with Crippen molar-refractivity contribution in [2.24, 2.45) is 0 Å². The summed E-state index contributed by atoms with van der Waals surface area (Å²) in [4.78, 5) is 25.4. The molecule has 0 saturated heterocycles. The van der Waals surface area contributed by atoms with Crippen LogP contribution in [0.5, 0.6) is 23.0 Å². The van der Waals surface area contributed by atoms with Crippen molar-refractivity contribution in [2.75, 3.05) is 0 Å². The molecule has 5 aromatic rings. The van der Waals surface area contributed by atoms with Gasteiger partial charge in [-0.05, 0) is 110 Å². The van der Waals surface area contributed by atoms with E-state index in [4.69, 9.17) is 9.47 Å². The first-order valence-corrected chi connectivity index (χ1v) is 12.6. The minimum absolute atomic E-state index is 0.0210. The maximum atomic E-state index is 14.0. The van der Waals surface area contributed by atoms with Crippen molar-refractivity contribution in [1.82, 2.24) is 0 Å². The van der Waals surface area contributed by atoms with Crippen molar-refractivity contribution in [1.29, 1.82) is 0 Å². The molecule has 0 heterocycles. The average molecular weight is 535 g/mol. The molecular weight excluding hydrogens is 510 g/mol. The topological polar surface area (TPSA) is 52.6 Å². The van der Waals surface area contributed by atoms with Gasteiger partial charge < -0.3 is 9.47 Å². The van der Waals surface area contributed by atoms with Gasteiger partial charge in [-0.25, -0.2) is 8.78 Å². The molecule has 198 valence electrons. The molecule has 0 amide bonds. The van der Waals surface area contributed by atoms with E-state index in [1.165, 1.54) is 24.3 Å². The van der Waals surface area contributed by atoms with Crippen LogP contribution in [0.25, 0.3) is 0 Å². The van der Waals surface area contributed by atoms with E-state index in [1.54, 1.807) is 84.9 Å². The fourth-order valence-electron chi connectivity index (χ4n) is 4.24. The minimum atomic E-state index is -0.560. The van der Waals surface area contributed by atoms with Gasteiger partial charge in [0.2, 0.25) is 0 Å². The number of ketones is 2. The maximum Gasteiger partial charge on any atom is 0.195 e. The number of hydrogen-bond donors (Lipinski definition) is 0. The molecule has 0 N–H and O–H groups in total. The first-order valence-electron chi connectivity index (χ1n) is 12.6. The van der Waals surface area contributed by atoms with Crippen LogP contribution in [-0.2, 0) is 0 Å². The summed E-state index contributed by atoms with van der Waals surface area (Å²) in [6, 6.07) is 28.7. The number of carbonyl (C=O) groups excluding carboxylic acids is 2. The number of ether oxygens (including phenoxy) is 2. The average Bonchev–Trinajstić information content (AvgIpc) is 2.96. The number of hydrogen-bond acceptors (Lipinski definition) is 4. The number of rotatable bonds is 8. The molecule has 0 bridgehead atoms.